The van der Waals surface area contributed by atoms with Gasteiger partial charge in [-0.25, -0.2) is 8.42 Å². The van der Waals surface area contributed by atoms with Gasteiger partial charge in [-0.3, -0.25) is 9.52 Å². The summed E-state index contributed by atoms with van der Waals surface area (Å²) in [6.45, 7) is 1.47. The van der Waals surface area contributed by atoms with E-state index in [1.165, 1.54) is 0 Å². The van der Waals surface area contributed by atoms with E-state index in [4.69, 9.17) is 0 Å². The fourth-order valence-corrected chi connectivity index (χ4v) is 5.17. The Morgan fingerprint density at radius 1 is 1.22 bits per heavy atom. The molecule has 5 nitrogen and oxygen atoms in total. The molecule has 102 valence electrons. The first-order valence-corrected chi connectivity index (χ1v) is 8.36. The Kier molecular flexibility index (Phi) is 2.90. The molecule has 1 heterocycles. The van der Waals surface area contributed by atoms with Crippen LogP contribution in [-0.2, 0) is 14.8 Å². The zero-order chi connectivity index (χ0) is 12.8. The van der Waals surface area contributed by atoms with E-state index < -0.39 is 15.4 Å². The molecule has 0 aromatic heterocycles. The van der Waals surface area contributed by atoms with Crippen LogP contribution in [0.25, 0.3) is 0 Å². The summed E-state index contributed by atoms with van der Waals surface area (Å²) in [7, 11) is -3.45. The number of amides is 1. The van der Waals surface area contributed by atoms with Crippen molar-refractivity contribution in [3.8, 4) is 0 Å². The number of carbonyl (C=O) groups excluding carboxylic acids is 1. The van der Waals surface area contributed by atoms with E-state index in [0.29, 0.717) is 25.3 Å². The van der Waals surface area contributed by atoms with Crippen LogP contribution in [0.4, 0.5) is 0 Å². The molecule has 3 aliphatic rings. The molecule has 2 N–H and O–H groups in total. The summed E-state index contributed by atoms with van der Waals surface area (Å²) in [5.74, 6) is 0.0620. The fourth-order valence-electron chi connectivity index (χ4n) is 3.59. The largest absolute Gasteiger partial charge is 0.315 e. The SMILES string of the molecule is O=C(NS(=O)(=O)C1CCCC1)[C@]12CC[C@H]1CNC2. The molecular weight excluding hydrogens is 252 g/mol. The molecule has 0 aromatic carbocycles. The van der Waals surface area contributed by atoms with Gasteiger partial charge in [-0.05, 0) is 38.1 Å². The number of nitrogens with one attached hydrogen (secondary N) is 2. The predicted octanol–water partition coefficient (Wildman–Crippen LogP) is 0.375. The van der Waals surface area contributed by atoms with Crippen LogP contribution in [0.3, 0.4) is 0 Å². The molecule has 0 unspecified atom stereocenters. The van der Waals surface area contributed by atoms with Crippen molar-refractivity contribution in [3.63, 3.8) is 0 Å². The Morgan fingerprint density at radius 3 is 2.50 bits per heavy atom. The van der Waals surface area contributed by atoms with E-state index in [1.54, 1.807) is 0 Å². The molecule has 2 saturated carbocycles. The van der Waals surface area contributed by atoms with E-state index in [0.717, 1.165) is 32.2 Å². The summed E-state index contributed by atoms with van der Waals surface area (Å²) < 4.78 is 26.6. The van der Waals surface area contributed by atoms with Gasteiger partial charge in [-0.2, -0.15) is 0 Å². The van der Waals surface area contributed by atoms with Crippen LogP contribution >= 0.6 is 0 Å². The van der Waals surface area contributed by atoms with Crippen LogP contribution < -0.4 is 10.0 Å². The second-order valence-electron chi connectivity index (χ2n) is 5.91. The van der Waals surface area contributed by atoms with Crippen molar-refractivity contribution in [1.29, 1.82) is 0 Å². The Labute approximate surface area is 108 Å². The van der Waals surface area contributed by atoms with Crippen molar-refractivity contribution in [2.75, 3.05) is 13.1 Å². The summed E-state index contributed by atoms with van der Waals surface area (Å²) in [6.07, 6.45) is 5.14. The number of sulfonamides is 1. The molecule has 3 fully saturated rings. The lowest BCUT2D eigenvalue weighted by atomic mass is 9.62. The Hall–Kier alpha value is -0.620. The van der Waals surface area contributed by atoms with Crippen LogP contribution in [-0.4, -0.2) is 32.7 Å². The third-order valence-corrected chi connectivity index (χ3v) is 6.80. The zero-order valence-electron chi connectivity index (χ0n) is 10.4. The molecule has 0 bridgehead atoms. The van der Waals surface area contributed by atoms with Gasteiger partial charge < -0.3 is 5.32 Å². The van der Waals surface area contributed by atoms with Crippen molar-refractivity contribution in [3.05, 3.63) is 0 Å². The highest BCUT2D eigenvalue weighted by molar-refractivity contribution is 7.90. The molecule has 3 rings (SSSR count). The smallest absolute Gasteiger partial charge is 0.241 e. The summed E-state index contributed by atoms with van der Waals surface area (Å²) >= 11 is 0. The highest BCUT2D eigenvalue weighted by atomic mass is 32.2. The summed E-state index contributed by atoms with van der Waals surface area (Å²) in [4.78, 5) is 12.3. The Bertz CT molecular complexity index is 456. The molecule has 0 spiro atoms. The number of hydrogen-bond acceptors (Lipinski definition) is 4. The average molecular weight is 272 g/mol. The minimum Gasteiger partial charge on any atom is -0.315 e. The molecule has 1 amide bonds. The molecule has 1 saturated heterocycles. The summed E-state index contributed by atoms with van der Waals surface area (Å²) in [5.41, 5.74) is -0.439. The minimum absolute atomic E-state index is 0.268. The molecule has 1 aliphatic heterocycles. The van der Waals surface area contributed by atoms with Crippen molar-refractivity contribution in [2.24, 2.45) is 11.3 Å². The van der Waals surface area contributed by atoms with Crippen molar-refractivity contribution < 1.29 is 13.2 Å². The van der Waals surface area contributed by atoms with Gasteiger partial charge in [-0.15, -0.1) is 0 Å². The standard InChI is InChI=1S/C12H20N2O3S/c15-11(12-6-5-9(12)7-13-8-12)14-18(16,17)10-3-1-2-4-10/h9-10,13H,1-8H2,(H,14,15)/t9-,12-/m0/s1. The average Bonchev–Trinajstić information content (AvgIpc) is 2.87. The van der Waals surface area contributed by atoms with E-state index in [-0.39, 0.29) is 11.2 Å². The first kappa shape index (κ1) is 12.4. The maximum Gasteiger partial charge on any atom is 0.241 e. The van der Waals surface area contributed by atoms with Crippen LogP contribution in [0.2, 0.25) is 0 Å². The second kappa shape index (κ2) is 4.20. The lowest BCUT2D eigenvalue weighted by molar-refractivity contribution is -0.135. The molecule has 18 heavy (non-hydrogen) atoms. The first-order valence-electron chi connectivity index (χ1n) is 6.81. The van der Waals surface area contributed by atoms with Gasteiger partial charge in [-0.1, -0.05) is 12.8 Å². The number of carbonyl (C=O) groups is 1. The van der Waals surface area contributed by atoms with Crippen molar-refractivity contribution in [1.82, 2.24) is 10.0 Å². The molecule has 2 aliphatic carbocycles. The highest BCUT2D eigenvalue weighted by Gasteiger charge is 2.56. The molecule has 0 radical (unpaired) electrons. The van der Waals surface area contributed by atoms with E-state index in [9.17, 15) is 13.2 Å². The maximum atomic E-state index is 12.3. The third kappa shape index (κ3) is 1.77. The molecule has 6 heteroatoms. The van der Waals surface area contributed by atoms with Crippen LogP contribution in [0, 0.1) is 11.3 Å². The van der Waals surface area contributed by atoms with Gasteiger partial charge in [0, 0.05) is 6.54 Å². The predicted molar refractivity (Wildman–Crippen MR) is 67.3 cm³/mol. The van der Waals surface area contributed by atoms with Gasteiger partial charge in [0.25, 0.3) is 0 Å². The molecular formula is C12H20N2O3S. The summed E-state index contributed by atoms with van der Waals surface area (Å²) in [5, 5.41) is 2.85. The molecule has 0 aromatic rings. The van der Waals surface area contributed by atoms with Gasteiger partial charge >= 0.3 is 0 Å². The highest BCUT2D eigenvalue weighted by Crippen LogP contribution is 2.49. The Morgan fingerprint density at radius 2 is 1.94 bits per heavy atom. The molecule has 2 atom stereocenters. The van der Waals surface area contributed by atoms with Crippen LogP contribution in [0.1, 0.15) is 38.5 Å². The quantitative estimate of drug-likeness (QED) is 0.778. The lowest BCUT2D eigenvalue weighted by Crippen LogP contribution is -2.54. The van der Waals surface area contributed by atoms with Crippen molar-refractivity contribution in [2.45, 2.75) is 43.8 Å². The van der Waals surface area contributed by atoms with E-state index in [1.807, 2.05) is 0 Å². The first-order chi connectivity index (χ1) is 8.55. The van der Waals surface area contributed by atoms with Gasteiger partial charge in [0.05, 0.1) is 10.7 Å². The lowest BCUT2D eigenvalue weighted by Gasteiger charge is -2.42. The van der Waals surface area contributed by atoms with Gasteiger partial charge in [0.1, 0.15) is 0 Å². The van der Waals surface area contributed by atoms with Crippen molar-refractivity contribution >= 4 is 15.9 Å². The monoisotopic (exact) mass is 272 g/mol. The minimum atomic E-state index is -3.45. The number of rotatable bonds is 3. The van der Waals surface area contributed by atoms with Gasteiger partial charge in [0.2, 0.25) is 15.9 Å². The van der Waals surface area contributed by atoms with Crippen LogP contribution in [0.15, 0.2) is 0 Å². The zero-order valence-corrected chi connectivity index (χ0v) is 11.3. The van der Waals surface area contributed by atoms with Gasteiger partial charge in [0.15, 0.2) is 0 Å². The topological polar surface area (TPSA) is 75.3 Å². The van der Waals surface area contributed by atoms with E-state index in [2.05, 4.69) is 10.0 Å². The number of fused-ring (bicyclic) bond motifs is 1. The summed E-state index contributed by atoms with van der Waals surface area (Å²) in [6, 6.07) is 0. The third-order valence-electron chi connectivity index (χ3n) is 4.98. The normalized spacial score (nSPS) is 36.1. The number of hydrogen-bond donors (Lipinski definition) is 2. The maximum absolute atomic E-state index is 12.3. The van der Waals surface area contributed by atoms with E-state index >= 15 is 0 Å². The fraction of sp³-hybridized carbons (Fsp3) is 0.917. The second-order valence-corrected chi connectivity index (χ2v) is 7.87. The van der Waals surface area contributed by atoms with Crippen LogP contribution in [0.5, 0.6) is 0 Å². The Balaban J connectivity index is 1.71.